The van der Waals surface area contributed by atoms with E-state index in [4.69, 9.17) is 28.4 Å². The van der Waals surface area contributed by atoms with Crippen molar-refractivity contribution in [1.82, 2.24) is 0 Å². The topological polar surface area (TPSA) is 89.5 Å². The first-order chi connectivity index (χ1) is 12.1. The lowest BCUT2D eigenvalue weighted by Crippen LogP contribution is -2.15. The third kappa shape index (κ3) is 17.1. The molecule has 0 fully saturated rings. The smallest absolute Gasteiger partial charge is 0.333 e. The van der Waals surface area contributed by atoms with Crippen molar-refractivity contribution in [3.8, 4) is 0 Å². The van der Waals surface area contributed by atoms with Crippen LogP contribution in [0.25, 0.3) is 0 Å². The fourth-order valence-corrected chi connectivity index (χ4v) is 1.51. The molecule has 0 radical (unpaired) electrons. The molecule has 8 nitrogen and oxygen atoms in total. The summed E-state index contributed by atoms with van der Waals surface area (Å²) < 4.78 is 30.5. The fraction of sp³-hybridized carbons (Fsp3) is 0.765. The van der Waals surface area contributed by atoms with Crippen molar-refractivity contribution in [2.24, 2.45) is 0 Å². The Morgan fingerprint density at radius 1 is 0.760 bits per heavy atom. The molecular formula is C17H30O8. The van der Waals surface area contributed by atoms with Crippen LogP contribution in [-0.2, 0) is 38.0 Å². The molecule has 0 unspecified atom stereocenters. The summed E-state index contributed by atoms with van der Waals surface area (Å²) in [5.74, 6) is -0.666. The summed E-state index contributed by atoms with van der Waals surface area (Å²) >= 11 is 0. The molecule has 0 rings (SSSR count). The van der Waals surface area contributed by atoms with Crippen LogP contribution in [-0.4, -0.2) is 78.5 Å². The van der Waals surface area contributed by atoms with Crippen molar-refractivity contribution in [3.05, 3.63) is 12.2 Å². The Balaban J connectivity index is 3.18. The Morgan fingerprint density at radius 3 is 1.72 bits per heavy atom. The van der Waals surface area contributed by atoms with Crippen LogP contribution < -0.4 is 0 Å². The normalized spacial score (nSPS) is 10.5. The molecule has 146 valence electrons. The van der Waals surface area contributed by atoms with E-state index in [0.717, 1.165) is 0 Å². The van der Waals surface area contributed by atoms with Gasteiger partial charge in [-0.1, -0.05) is 6.58 Å². The van der Waals surface area contributed by atoms with E-state index < -0.39 is 5.97 Å². The summed E-state index contributed by atoms with van der Waals surface area (Å²) in [4.78, 5) is 22.3. The van der Waals surface area contributed by atoms with Gasteiger partial charge in [0.15, 0.2) is 0 Å². The maximum atomic E-state index is 11.3. The van der Waals surface area contributed by atoms with Crippen molar-refractivity contribution in [2.45, 2.75) is 19.8 Å². The van der Waals surface area contributed by atoms with Gasteiger partial charge in [-0.3, -0.25) is 4.79 Å². The molecule has 0 heterocycles. The van der Waals surface area contributed by atoms with Gasteiger partial charge in [0.1, 0.15) is 13.2 Å². The average Bonchev–Trinajstić information content (AvgIpc) is 2.58. The second kappa shape index (κ2) is 17.3. The lowest BCUT2D eigenvalue weighted by Gasteiger charge is -2.08. The van der Waals surface area contributed by atoms with Crippen LogP contribution in [0.15, 0.2) is 12.2 Å². The maximum Gasteiger partial charge on any atom is 0.333 e. The quantitative estimate of drug-likeness (QED) is 0.216. The van der Waals surface area contributed by atoms with Gasteiger partial charge in [-0.2, -0.15) is 0 Å². The molecule has 0 saturated carbocycles. The van der Waals surface area contributed by atoms with Crippen LogP contribution in [0.4, 0.5) is 0 Å². The monoisotopic (exact) mass is 362 g/mol. The Kier molecular flexibility index (Phi) is 16.3. The average molecular weight is 362 g/mol. The maximum absolute atomic E-state index is 11.3. The van der Waals surface area contributed by atoms with E-state index in [1.165, 1.54) is 0 Å². The highest BCUT2D eigenvalue weighted by atomic mass is 16.6. The molecule has 0 bridgehead atoms. The summed E-state index contributed by atoms with van der Waals surface area (Å²) in [6, 6.07) is 0. The van der Waals surface area contributed by atoms with Crippen molar-refractivity contribution < 1.29 is 38.0 Å². The molecule has 0 aliphatic carbocycles. The molecule has 0 aliphatic heterocycles. The third-order valence-corrected chi connectivity index (χ3v) is 2.77. The van der Waals surface area contributed by atoms with E-state index in [1.807, 2.05) is 0 Å². The molecule has 0 aromatic rings. The number of carbonyl (C=O) groups excluding carboxylic acids is 2. The van der Waals surface area contributed by atoms with Crippen LogP contribution in [0.1, 0.15) is 19.8 Å². The molecule has 0 aliphatic rings. The van der Waals surface area contributed by atoms with Crippen molar-refractivity contribution >= 4 is 11.9 Å². The van der Waals surface area contributed by atoms with Crippen LogP contribution in [0.5, 0.6) is 0 Å². The standard InChI is InChI=1S/C17H30O8/c1-15(2)17(19)25-14-12-23-10-8-21-7-9-22-11-13-24-16(18)5-4-6-20-3/h1,4-14H2,2-3H3. The van der Waals surface area contributed by atoms with E-state index in [2.05, 4.69) is 6.58 Å². The minimum absolute atomic E-state index is 0.193. The zero-order chi connectivity index (χ0) is 18.8. The Labute approximate surface area is 149 Å². The molecule has 0 atom stereocenters. The summed E-state index contributed by atoms with van der Waals surface area (Å²) in [7, 11) is 1.59. The Bertz CT molecular complexity index is 370. The summed E-state index contributed by atoms with van der Waals surface area (Å²) in [5, 5.41) is 0. The lowest BCUT2D eigenvalue weighted by molar-refractivity contribution is -0.145. The van der Waals surface area contributed by atoms with Gasteiger partial charge in [-0.05, 0) is 13.3 Å². The van der Waals surface area contributed by atoms with Crippen LogP contribution >= 0.6 is 0 Å². The second-order valence-corrected chi connectivity index (χ2v) is 5.07. The van der Waals surface area contributed by atoms with Crippen molar-refractivity contribution in [1.29, 1.82) is 0 Å². The minimum Gasteiger partial charge on any atom is -0.463 e. The fourth-order valence-electron chi connectivity index (χ4n) is 1.51. The van der Waals surface area contributed by atoms with Gasteiger partial charge < -0.3 is 28.4 Å². The lowest BCUT2D eigenvalue weighted by atomic mass is 10.3. The highest BCUT2D eigenvalue weighted by Gasteiger charge is 2.02. The van der Waals surface area contributed by atoms with E-state index >= 15 is 0 Å². The third-order valence-electron chi connectivity index (χ3n) is 2.77. The zero-order valence-electron chi connectivity index (χ0n) is 15.3. The van der Waals surface area contributed by atoms with Gasteiger partial charge in [-0.25, -0.2) is 4.79 Å². The first-order valence-corrected chi connectivity index (χ1v) is 8.28. The highest BCUT2D eigenvalue weighted by Crippen LogP contribution is 1.93. The van der Waals surface area contributed by atoms with Gasteiger partial charge in [-0.15, -0.1) is 0 Å². The molecule has 8 heteroatoms. The van der Waals surface area contributed by atoms with Crippen LogP contribution in [0, 0.1) is 0 Å². The number of ether oxygens (including phenoxy) is 6. The van der Waals surface area contributed by atoms with Gasteiger partial charge in [0.25, 0.3) is 0 Å². The van der Waals surface area contributed by atoms with Gasteiger partial charge >= 0.3 is 11.9 Å². The predicted molar refractivity (Wildman–Crippen MR) is 90.3 cm³/mol. The highest BCUT2D eigenvalue weighted by molar-refractivity contribution is 5.86. The molecule has 0 spiro atoms. The number of hydrogen-bond acceptors (Lipinski definition) is 8. The van der Waals surface area contributed by atoms with Crippen LogP contribution in [0.3, 0.4) is 0 Å². The van der Waals surface area contributed by atoms with Gasteiger partial charge in [0, 0.05) is 25.7 Å². The van der Waals surface area contributed by atoms with Crippen LogP contribution in [0.2, 0.25) is 0 Å². The predicted octanol–water partition coefficient (Wildman–Crippen LogP) is 1.13. The molecule has 0 amide bonds. The molecule has 0 aromatic heterocycles. The second-order valence-electron chi connectivity index (χ2n) is 5.07. The van der Waals surface area contributed by atoms with E-state index in [-0.39, 0.29) is 19.2 Å². The zero-order valence-corrected chi connectivity index (χ0v) is 15.3. The van der Waals surface area contributed by atoms with Gasteiger partial charge in [0.05, 0.1) is 39.6 Å². The number of hydrogen-bond donors (Lipinski definition) is 0. The Hall–Kier alpha value is -1.48. The number of methoxy groups -OCH3 is 1. The summed E-state index contributed by atoms with van der Waals surface area (Å²) in [5.41, 5.74) is 0.365. The molecule has 0 N–H and O–H groups in total. The van der Waals surface area contributed by atoms with E-state index in [9.17, 15) is 9.59 Å². The number of rotatable bonds is 17. The summed E-state index contributed by atoms with van der Waals surface area (Å²) in [6.07, 6.45) is 1.01. The van der Waals surface area contributed by atoms with E-state index in [1.54, 1.807) is 14.0 Å². The SMILES string of the molecule is C=C(C)C(=O)OCCOCCOCCOCCOC(=O)CCCOC. The first-order valence-electron chi connectivity index (χ1n) is 8.28. The number of carbonyl (C=O) groups is 2. The number of esters is 2. The molecular weight excluding hydrogens is 332 g/mol. The van der Waals surface area contributed by atoms with Gasteiger partial charge in [0.2, 0.25) is 0 Å². The molecule has 0 aromatic carbocycles. The first kappa shape index (κ1) is 23.5. The Morgan fingerprint density at radius 2 is 1.24 bits per heavy atom. The minimum atomic E-state index is -0.419. The van der Waals surface area contributed by atoms with Crippen molar-refractivity contribution in [3.63, 3.8) is 0 Å². The summed E-state index contributed by atoms with van der Waals surface area (Å²) in [6.45, 7) is 8.36. The molecule has 25 heavy (non-hydrogen) atoms. The van der Waals surface area contributed by atoms with E-state index in [0.29, 0.717) is 64.7 Å². The molecule has 0 saturated heterocycles. The largest absolute Gasteiger partial charge is 0.463 e. The van der Waals surface area contributed by atoms with Crippen molar-refractivity contribution in [2.75, 3.05) is 66.6 Å².